The minimum atomic E-state index is -0.00157. The van der Waals surface area contributed by atoms with Gasteiger partial charge in [-0.25, -0.2) is 0 Å². The summed E-state index contributed by atoms with van der Waals surface area (Å²) in [6, 6.07) is 0.166. The zero-order valence-electron chi connectivity index (χ0n) is 12.6. The average molecular weight is 252 g/mol. The van der Waals surface area contributed by atoms with Crippen molar-refractivity contribution in [3.8, 4) is 12.3 Å². The van der Waals surface area contributed by atoms with Gasteiger partial charge in [0.15, 0.2) is 0 Å². The van der Waals surface area contributed by atoms with E-state index in [0.717, 1.165) is 19.3 Å². The van der Waals surface area contributed by atoms with E-state index in [0.29, 0.717) is 6.54 Å². The fourth-order valence-electron chi connectivity index (χ4n) is 2.26. The van der Waals surface area contributed by atoms with E-state index in [1.807, 2.05) is 0 Å². The van der Waals surface area contributed by atoms with Crippen molar-refractivity contribution in [1.29, 1.82) is 0 Å². The van der Waals surface area contributed by atoms with E-state index in [4.69, 9.17) is 12.2 Å². The Morgan fingerprint density at radius 3 is 2.33 bits per heavy atom. The maximum absolute atomic E-state index is 5.92. The van der Waals surface area contributed by atoms with Crippen molar-refractivity contribution in [3.05, 3.63) is 0 Å². The van der Waals surface area contributed by atoms with Crippen molar-refractivity contribution in [3.63, 3.8) is 0 Å². The Morgan fingerprint density at radius 2 is 1.83 bits per heavy atom. The molecule has 2 nitrogen and oxygen atoms in total. The smallest absolute Gasteiger partial charge is 0.0691 e. The zero-order valence-corrected chi connectivity index (χ0v) is 12.6. The molecule has 0 saturated heterocycles. The first-order valence-corrected chi connectivity index (χ1v) is 7.55. The molecule has 106 valence electrons. The van der Waals surface area contributed by atoms with E-state index in [9.17, 15) is 0 Å². The Hall–Kier alpha value is -0.520. The first-order chi connectivity index (χ1) is 8.61. The maximum Gasteiger partial charge on any atom is 0.0691 e. The van der Waals surface area contributed by atoms with Crippen LogP contribution in [-0.4, -0.2) is 18.1 Å². The molecule has 0 aromatic rings. The van der Waals surface area contributed by atoms with Crippen molar-refractivity contribution in [1.82, 2.24) is 5.32 Å². The van der Waals surface area contributed by atoms with Gasteiger partial charge in [0.25, 0.3) is 0 Å². The number of hydrogen-bond donors (Lipinski definition) is 2. The van der Waals surface area contributed by atoms with E-state index in [2.05, 4.69) is 32.0 Å². The first-order valence-electron chi connectivity index (χ1n) is 7.55. The van der Waals surface area contributed by atoms with Crippen LogP contribution in [0.25, 0.3) is 0 Å². The number of unbranched alkanes of at least 4 members (excludes halogenated alkanes) is 4. The van der Waals surface area contributed by atoms with Crippen LogP contribution in [0.5, 0.6) is 0 Å². The molecule has 3 N–H and O–H groups in total. The summed E-state index contributed by atoms with van der Waals surface area (Å²) < 4.78 is 0. The van der Waals surface area contributed by atoms with Crippen LogP contribution in [0.4, 0.5) is 0 Å². The van der Waals surface area contributed by atoms with Gasteiger partial charge >= 0.3 is 0 Å². The summed E-state index contributed by atoms with van der Waals surface area (Å²) in [4.78, 5) is 0. The van der Waals surface area contributed by atoms with Crippen LogP contribution >= 0.6 is 0 Å². The van der Waals surface area contributed by atoms with E-state index in [1.54, 1.807) is 0 Å². The van der Waals surface area contributed by atoms with Crippen molar-refractivity contribution in [2.24, 2.45) is 5.73 Å². The van der Waals surface area contributed by atoms with Gasteiger partial charge in [-0.3, -0.25) is 5.32 Å². The van der Waals surface area contributed by atoms with Gasteiger partial charge in [-0.2, -0.15) is 0 Å². The predicted octanol–water partition coefficient (Wildman–Crippen LogP) is 3.46. The number of hydrogen-bond acceptors (Lipinski definition) is 2. The van der Waals surface area contributed by atoms with Crippen molar-refractivity contribution in [2.75, 3.05) is 6.54 Å². The van der Waals surface area contributed by atoms with Gasteiger partial charge in [-0.15, -0.1) is 6.42 Å². The summed E-state index contributed by atoms with van der Waals surface area (Å²) >= 11 is 0. The number of nitrogens with two attached hydrogens (primary N) is 1. The van der Waals surface area contributed by atoms with Gasteiger partial charge in [0.05, 0.1) is 6.04 Å². The summed E-state index contributed by atoms with van der Waals surface area (Å²) in [7, 11) is 0. The molecule has 2 atom stereocenters. The third kappa shape index (κ3) is 7.74. The molecular formula is C16H32N2. The van der Waals surface area contributed by atoms with Crippen LogP contribution in [0.2, 0.25) is 0 Å². The monoisotopic (exact) mass is 252 g/mol. The summed E-state index contributed by atoms with van der Waals surface area (Å²) in [6.45, 7) is 7.26. The Kier molecular flexibility index (Phi) is 10.1. The molecule has 0 fully saturated rings. The Bertz CT molecular complexity index is 232. The quantitative estimate of drug-likeness (QED) is 0.436. The lowest BCUT2D eigenvalue weighted by Crippen LogP contribution is -2.52. The van der Waals surface area contributed by atoms with Gasteiger partial charge in [0.1, 0.15) is 0 Å². The molecule has 0 bridgehead atoms. The summed E-state index contributed by atoms with van der Waals surface area (Å²) in [5, 5.41) is 3.56. The second-order valence-electron chi connectivity index (χ2n) is 5.58. The molecule has 0 aliphatic rings. The lowest BCUT2D eigenvalue weighted by Gasteiger charge is -2.32. The van der Waals surface area contributed by atoms with E-state index < -0.39 is 0 Å². The van der Waals surface area contributed by atoms with Crippen LogP contribution in [-0.2, 0) is 0 Å². The highest BCUT2D eigenvalue weighted by atomic mass is 15.0. The number of terminal acetylenes is 1. The topological polar surface area (TPSA) is 38.0 Å². The Morgan fingerprint density at radius 1 is 1.17 bits per heavy atom. The minimum absolute atomic E-state index is 0.00157. The summed E-state index contributed by atoms with van der Waals surface area (Å²) in [5.74, 6) is 2.84. The van der Waals surface area contributed by atoms with Gasteiger partial charge < -0.3 is 5.73 Å². The van der Waals surface area contributed by atoms with Crippen molar-refractivity contribution in [2.45, 2.75) is 83.7 Å². The minimum Gasteiger partial charge on any atom is -0.329 e. The van der Waals surface area contributed by atoms with Crippen LogP contribution in [0.1, 0.15) is 72.1 Å². The number of rotatable bonds is 11. The summed E-state index contributed by atoms with van der Waals surface area (Å²) in [6.07, 6.45) is 15.3. The highest BCUT2D eigenvalue weighted by molar-refractivity contribution is 5.02. The van der Waals surface area contributed by atoms with Gasteiger partial charge in [0.2, 0.25) is 0 Å². The third-order valence-electron chi connectivity index (χ3n) is 3.58. The first kappa shape index (κ1) is 17.5. The van der Waals surface area contributed by atoms with Gasteiger partial charge in [0, 0.05) is 12.1 Å². The normalized spacial score (nSPS) is 15.9. The second-order valence-corrected chi connectivity index (χ2v) is 5.58. The highest BCUT2D eigenvalue weighted by Gasteiger charge is 2.24. The molecule has 2 unspecified atom stereocenters. The fraction of sp³-hybridized carbons (Fsp3) is 0.875. The lowest BCUT2D eigenvalue weighted by molar-refractivity contribution is 0.303. The van der Waals surface area contributed by atoms with Gasteiger partial charge in [-0.05, 0) is 19.8 Å². The second kappa shape index (κ2) is 10.4. The molecule has 0 aromatic carbocycles. The Balaban J connectivity index is 4.04. The molecule has 0 saturated carbocycles. The average Bonchev–Trinajstić information content (AvgIpc) is 2.38. The predicted molar refractivity (Wildman–Crippen MR) is 81.5 cm³/mol. The SMILES string of the molecule is C#CC(CCC)NC(C)(CN)CCCCCCC. The standard InChI is InChI=1S/C16H32N2/c1-5-8-9-10-11-13-16(4,14-17)18-15(7-3)12-6-2/h3,15,18H,5-6,8-14,17H2,1-2,4H3. The molecule has 0 amide bonds. The number of nitrogens with one attached hydrogen (secondary N) is 1. The molecular weight excluding hydrogens is 220 g/mol. The molecule has 18 heavy (non-hydrogen) atoms. The van der Waals surface area contributed by atoms with E-state index in [1.165, 1.54) is 32.1 Å². The molecule has 0 heterocycles. The van der Waals surface area contributed by atoms with Crippen molar-refractivity contribution < 1.29 is 0 Å². The maximum atomic E-state index is 5.92. The van der Waals surface area contributed by atoms with Crippen LogP contribution in [0, 0.1) is 12.3 Å². The van der Waals surface area contributed by atoms with Gasteiger partial charge in [-0.1, -0.05) is 58.3 Å². The Labute approximate surface area is 114 Å². The molecule has 0 radical (unpaired) electrons. The molecule has 0 aliphatic carbocycles. The highest BCUT2D eigenvalue weighted by Crippen LogP contribution is 2.16. The van der Waals surface area contributed by atoms with E-state index in [-0.39, 0.29) is 11.6 Å². The zero-order chi connectivity index (χ0) is 13.9. The fourth-order valence-corrected chi connectivity index (χ4v) is 2.26. The third-order valence-corrected chi connectivity index (χ3v) is 3.58. The summed E-state index contributed by atoms with van der Waals surface area (Å²) in [5.41, 5.74) is 5.91. The lowest BCUT2D eigenvalue weighted by atomic mass is 9.92. The van der Waals surface area contributed by atoms with Crippen LogP contribution in [0.3, 0.4) is 0 Å². The van der Waals surface area contributed by atoms with Crippen LogP contribution in [0.15, 0.2) is 0 Å². The molecule has 0 spiro atoms. The molecule has 2 heteroatoms. The van der Waals surface area contributed by atoms with Crippen LogP contribution < -0.4 is 11.1 Å². The molecule has 0 aromatic heterocycles. The van der Waals surface area contributed by atoms with E-state index >= 15 is 0 Å². The molecule has 0 aliphatic heterocycles. The van der Waals surface area contributed by atoms with Crippen molar-refractivity contribution >= 4 is 0 Å². The largest absolute Gasteiger partial charge is 0.329 e. The molecule has 0 rings (SSSR count).